The van der Waals surface area contributed by atoms with E-state index in [1.165, 1.54) is 18.2 Å². The lowest BCUT2D eigenvalue weighted by molar-refractivity contribution is -0.384. The highest BCUT2D eigenvalue weighted by atomic mass is 28.3. The zero-order chi connectivity index (χ0) is 26.2. The molecule has 1 amide bonds. The number of carbonyl (C=O) groups is 1. The van der Waals surface area contributed by atoms with E-state index in [-0.39, 0.29) is 23.2 Å². The highest BCUT2D eigenvalue weighted by Gasteiger charge is 2.40. The number of aromatic amines is 1. The summed E-state index contributed by atoms with van der Waals surface area (Å²) in [5.74, 6) is 1.15. The third kappa shape index (κ3) is 5.04. The number of H-pyrrole nitrogens is 1. The van der Waals surface area contributed by atoms with Crippen LogP contribution in [0.5, 0.6) is 0 Å². The van der Waals surface area contributed by atoms with Crippen LogP contribution in [0.4, 0.5) is 14.5 Å². The summed E-state index contributed by atoms with van der Waals surface area (Å²) in [4.78, 5) is 29.3. The molecule has 2 aromatic carbocycles. The second-order valence-corrected chi connectivity index (χ2v) is 15.0. The van der Waals surface area contributed by atoms with Gasteiger partial charge in [0.25, 0.3) is 11.6 Å². The van der Waals surface area contributed by atoms with Gasteiger partial charge in [-0.3, -0.25) is 14.9 Å². The first-order valence-electron chi connectivity index (χ1n) is 12.1. The highest BCUT2D eigenvalue weighted by molar-refractivity contribution is 6.84. The van der Waals surface area contributed by atoms with E-state index in [9.17, 15) is 23.7 Å². The van der Waals surface area contributed by atoms with E-state index in [1.807, 2.05) is 0 Å². The van der Waals surface area contributed by atoms with Gasteiger partial charge < -0.3 is 9.88 Å². The minimum absolute atomic E-state index is 0.0709. The van der Waals surface area contributed by atoms with Crippen molar-refractivity contribution in [2.24, 2.45) is 0 Å². The Labute approximate surface area is 209 Å². The molecular formula is C27H29F2N3O3Si. The molecule has 0 fully saturated rings. The smallest absolute Gasteiger partial charge is 0.298 e. The second-order valence-electron chi connectivity index (χ2n) is 10.3. The van der Waals surface area contributed by atoms with Crippen LogP contribution >= 0.6 is 0 Å². The Kier molecular flexibility index (Phi) is 7.00. The Bertz CT molecular complexity index is 1380. The van der Waals surface area contributed by atoms with E-state index in [4.69, 9.17) is 0 Å². The molecule has 36 heavy (non-hydrogen) atoms. The number of nitro benzene ring substituents is 1. The van der Waals surface area contributed by atoms with Gasteiger partial charge in [-0.2, -0.15) is 0 Å². The third-order valence-electron chi connectivity index (χ3n) is 6.44. The molecule has 0 unspecified atom stereocenters. The predicted octanol–water partition coefficient (Wildman–Crippen LogP) is 6.27. The molecule has 0 aliphatic carbocycles. The first kappa shape index (κ1) is 25.6. The van der Waals surface area contributed by atoms with Gasteiger partial charge in [-0.05, 0) is 48.1 Å². The molecule has 188 valence electrons. The average molecular weight is 510 g/mol. The summed E-state index contributed by atoms with van der Waals surface area (Å²) >= 11 is 0. The minimum atomic E-state index is -1.85. The minimum Gasteiger partial charge on any atom is -0.354 e. The number of rotatable bonds is 5. The molecule has 3 aromatic rings. The van der Waals surface area contributed by atoms with E-state index in [2.05, 4.69) is 43.0 Å². The van der Waals surface area contributed by atoms with Gasteiger partial charge in [0.2, 0.25) is 0 Å². The zero-order valence-electron chi connectivity index (χ0n) is 20.8. The number of hydrogen-bond donors (Lipinski definition) is 1. The van der Waals surface area contributed by atoms with Crippen molar-refractivity contribution in [1.82, 2.24) is 9.88 Å². The number of fused-ring (bicyclic) bond motifs is 3. The molecule has 2 atom stereocenters. The number of carbonyl (C=O) groups excluding carboxylic acids is 1. The number of aromatic nitrogens is 1. The van der Waals surface area contributed by atoms with Crippen LogP contribution in [0.2, 0.25) is 19.6 Å². The largest absolute Gasteiger partial charge is 0.354 e. The molecule has 9 heteroatoms. The number of non-ortho nitro benzene ring substituents is 1. The van der Waals surface area contributed by atoms with Crippen molar-refractivity contribution in [3.8, 4) is 11.5 Å². The Morgan fingerprint density at radius 2 is 1.92 bits per heavy atom. The van der Waals surface area contributed by atoms with Crippen molar-refractivity contribution in [2.45, 2.75) is 64.3 Å². The molecule has 6 nitrogen and oxygen atoms in total. The van der Waals surface area contributed by atoms with E-state index in [0.29, 0.717) is 29.5 Å². The number of nitro groups is 1. The van der Waals surface area contributed by atoms with Crippen molar-refractivity contribution in [1.29, 1.82) is 0 Å². The molecule has 2 heterocycles. The van der Waals surface area contributed by atoms with Crippen molar-refractivity contribution >= 4 is 30.6 Å². The van der Waals surface area contributed by atoms with Gasteiger partial charge in [-0.25, -0.2) is 8.78 Å². The summed E-state index contributed by atoms with van der Waals surface area (Å²) in [6.45, 7) is 8.23. The summed E-state index contributed by atoms with van der Waals surface area (Å²) < 4.78 is 29.0. The molecule has 0 saturated heterocycles. The van der Waals surface area contributed by atoms with Gasteiger partial charge in [0.05, 0.1) is 16.5 Å². The Balaban J connectivity index is 1.95. The lowest BCUT2D eigenvalue weighted by Crippen LogP contribution is -2.47. The van der Waals surface area contributed by atoms with Crippen LogP contribution in [-0.4, -0.2) is 34.8 Å². The fourth-order valence-corrected chi connectivity index (χ4v) is 5.29. The number of amides is 1. The molecule has 0 bridgehead atoms. The van der Waals surface area contributed by atoms with E-state index in [1.54, 1.807) is 17.0 Å². The molecular weight excluding hydrogens is 480 g/mol. The second kappa shape index (κ2) is 9.86. The van der Waals surface area contributed by atoms with Crippen LogP contribution < -0.4 is 0 Å². The lowest BCUT2D eigenvalue weighted by Gasteiger charge is -2.41. The van der Waals surface area contributed by atoms with Crippen LogP contribution in [0.3, 0.4) is 0 Å². The quantitative estimate of drug-likeness (QED) is 0.191. The first-order chi connectivity index (χ1) is 17.0. The van der Waals surface area contributed by atoms with Crippen molar-refractivity contribution in [3.05, 3.63) is 75.0 Å². The number of hydrogen-bond acceptors (Lipinski definition) is 3. The Morgan fingerprint density at radius 1 is 1.22 bits per heavy atom. The summed E-state index contributed by atoms with van der Waals surface area (Å²) in [5, 5.41) is 11.7. The highest BCUT2D eigenvalue weighted by Crippen LogP contribution is 2.43. The van der Waals surface area contributed by atoms with Crippen molar-refractivity contribution < 1.29 is 18.5 Å². The molecule has 1 aliphatic rings. The topological polar surface area (TPSA) is 79.2 Å². The fraction of sp³-hybridized carbons (Fsp3) is 0.370. The number of benzene rings is 2. The SMILES string of the molecule is CCCC[C@H]1Cc2c([nH]c3c(F)cc(F)cc23)[C@H](c2ccc([N+](=O)[O-])cc2)N1C(=O)C#C[Si](C)(C)C. The van der Waals surface area contributed by atoms with Crippen LogP contribution in [0, 0.1) is 33.2 Å². The maximum Gasteiger partial charge on any atom is 0.298 e. The first-order valence-corrected chi connectivity index (χ1v) is 15.6. The maximum atomic E-state index is 14.8. The third-order valence-corrected chi connectivity index (χ3v) is 7.31. The van der Waals surface area contributed by atoms with E-state index < -0.39 is 30.7 Å². The van der Waals surface area contributed by atoms with Gasteiger partial charge in [-0.15, -0.1) is 5.54 Å². The number of nitrogens with one attached hydrogen (secondary N) is 1. The van der Waals surface area contributed by atoms with Crippen LogP contribution in [-0.2, 0) is 11.2 Å². The lowest BCUT2D eigenvalue weighted by atomic mass is 9.86. The Morgan fingerprint density at radius 3 is 2.53 bits per heavy atom. The zero-order valence-corrected chi connectivity index (χ0v) is 21.8. The van der Waals surface area contributed by atoms with Gasteiger partial charge in [0.15, 0.2) is 0 Å². The summed E-state index contributed by atoms with van der Waals surface area (Å²) in [5.41, 5.74) is 5.24. The summed E-state index contributed by atoms with van der Waals surface area (Å²) in [7, 11) is -1.85. The molecule has 4 rings (SSSR count). The van der Waals surface area contributed by atoms with E-state index in [0.717, 1.165) is 24.5 Å². The van der Waals surface area contributed by atoms with Crippen molar-refractivity contribution in [2.75, 3.05) is 0 Å². The summed E-state index contributed by atoms with van der Waals surface area (Å²) in [6.07, 6.45) is 2.92. The normalized spacial score (nSPS) is 17.4. The molecule has 0 radical (unpaired) electrons. The standard InChI is InChI=1S/C27H29F2N3O3Si/c1-5-6-7-20-16-22-21-14-18(28)15-23(29)25(21)30-26(22)27(17-8-10-19(11-9-17)32(34)35)31(20)24(33)12-13-36(2,3)4/h8-11,14-15,20,27,30H,5-7,16H2,1-4H3/t20-,27-/m0/s1. The molecule has 0 saturated carbocycles. The predicted molar refractivity (Wildman–Crippen MR) is 138 cm³/mol. The van der Waals surface area contributed by atoms with Gasteiger partial charge >= 0.3 is 0 Å². The fourth-order valence-electron chi connectivity index (χ4n) is 4.81. The van der Waals surface area contributed by atoms with Gasteiger partial charge in [-0.1, -0.05) is 39.4 Å². The van der Waals surface area contributed by atoms with E-state index >= 15 is 0 Å². The van der Waals surface area contributed by atoms with Crippen LogP contribution in [0.1, 0.15) is 49.0 Å². The van der Waals surface area contributed by atoms with Crippen molar-refractivity contribution in [3.63, 3.8) is 0 Å². The number of unbranched alkanes of at least 4 members (excludes halogenated alkanes) is 1. The maximum absolute atomic E-state index is 14.8. The summed E-state index contributed by atoms with van der Waals surface area (Å²) in [6, 6.07) is 7.25. The van der Waals surface area contributed by atoms with Crippen LogP contribution in [0.15, 0.2) is 36.4 Å². The number of halogens is 2. The monoisotopic (exact) mass is 509 g/mol. The Hall–Kier alpha value is -3.51. The molecule has 0 spiro atoms. The molecule has 1 N–H and O–H groups in total. The van der Waals surface area contributed by atoms with Gasteiger partial charge in [0, 0.05) is 35.3 Å². The average Bonchev–Trinajstić information content (AvgIpc) is 3.18. The van der Waals surface area contributed by atoms with Gasteiger partial charge in [0.1, 0.15) is 19.7 Å². The molecule has 1 aromatic heterocycles. The molecule has 1 aliphatic heterocycles. The number of nitrogens with zero attached hydrogens (tertiary/aromatic N) is 2. The van der Waals surface area contributed by atoms with Crippen LogP contribution in [0.25, 0.3) is 10.9 Å².